The van der Waals surface area contributed by atoms with Gasteiger partial charge in [-0.1, -0.05) is 19.3 Å². The largest absolute Gasteiger partial charge is 0.373 e. The van der Waals surface area contributed by atoms with Crippen molar-refractivity contribution in [1.82, 2.24) is 4.57 Å². The Kier molecular flexibility index (Phi) is 4.51. The predicted molar refractivity (Wildman–Crippen MR) is 78.0 cm³/mol. The standard InChI is InChI=1S/C16H25N3O/c17-18-15-9-8-13(19-10-4-5-11-19)12-16(15)20-14-6-2-1-3-7-14/h4-5,10-11,13-17H,1-3,6-9,12H2. The van der Waals surface area contributed by atoms with Crippen molar-refractivity contribution in [3.05, 3.63) is 24.5 Å². The average molecular weight is 275 g/mol. The summed E-state index contributed by atoms with van der Waals surface area (Å²) in [6.45, 7) is 0. The number of nitrogens with one attached hydrogen (secondary N) is 1. The van der Waals surface area contributed by atoms with Gasteiger partial charge in [-0.15, -0.1) is 0 Å². The first-order valence-corrected chi connectivity index (χ1v) is 8.01. The zero-order valence-electron chi connectivity index (χ0n) is 12.1. The number of hydrogen-bond acceptors (Lipinski definition) is 3. The van der Waals surface area contributed by atoms with Crippen LogP contribution in [0.15, 0.2) is 29.6 Å². The summed E-state index contributed by atoms with van der Waals surface area (Å²) in [5, 5.41) is 3.83. The van der Waals surface area contributed by atoms with Crippen molar-refractivity contribution >= 4 is 0 Å². The molecule has 4 heteroatoms. The van der Waals surface area contributed by atoms with Crippen LogP contribution < -0.4 is 0 Å². The van der Waals surface area contributed by atoms with Gasteiger partial charge in [0.2, 0.25) is 0 Å². The lowest BCUT2D eigenvalue weighted by atomic mass is 9.88. The summed E-state index contributed by atoms with van der Waals surface area (Å²) >= 11 is 0. The minimum absolute atomic E-state index is 0.0729. The highest BCUT2D eigenvalue weighted by Crippen LogP contribution is 2.34. The minimum Gasteiger partial charge on any atom is -0.373 e. The van der Waals surface area contributed by atoms with Crippen LogP contribution in [0.3, 0.4) is 0 Å². The summed E-state index contributed by atoms with van der Waals surface area (Å²) in [7, 11) is 0. The molecule has 20 heavy (non-hydrogen) atoms. The number of hydrogen-bond donors (Lipinski definition) is 1. The van der Waals surface area contributed by atoms with Gasteiger partial charge in [0.15, 0.2) is 0 Å². The van der Waals surface area contributed by atoms with Gasteiger partial charge in [0.25, 0.3) is 0 Å². The Morgan fingerprint density at radius 1 is 1.00 bits per heavy atom. The quantitative estimate of drug-likeness (QED) is 0.817. The Bertz CT molecular complexity index is 411. The molecule has 2 fully saturated rings. The second-order valence-electron chi connectivity index (χ2n) is 6.23. The lowest BCUT2D eigenvalue weighted by Gasteiger charge is -2.37. The highest BCUT2D eigenvalue weighted by atomic mass is 16.5. The van der Waals surface area contributed by atoms with Gasteiger partial charge in [-0.25, -0.2) is 5.53 Å². The zero-order chi connectivity index (χ0) is 13.8. The molecular formula is C16H25N3O. The average Bonchev–Trinajstić information content (AvgIpc) is 3.02. The monoisotopic (exact) mass is 275 g/mol. The molecule has 0 aromatic carbocycles. The van der Waals surface area contributed by atoms with Crippen LogP contribution in [0.2, 0.25) is 0 Å². The molecule has 2 aliphatic rings. The van der Waals surface area contributed by atoms with E-state index in [1.165, 1.54) is 32.1 Å². The molecule has 2 aliphatic carbocycles. The maximum absolute atomic E-state index is 7.42. The summed E-state index contributed by atoms with van der Waals surface area (Å²) in [4.78, 5) is 0. The number of ether oxygens (including phenoxy) is 1. The van der Waals surface area contributed by atoms with E-state index in [1.54, 1.807) is 0 Å². The predicted octanol–water partition coefficient (Wildman–Crippen LogP) is 4.33. The molecule has 1 heterocycles. The van der Waals surface area contributed by atoms with Gasteiger partial charge in [0, 0.05) is 18.4 Å². The summed E-state index contributed by atoms with van der Waals surface area (Å²) in [5.74, 6) is 0. The van der Waals surface area contributed by atoms with Crippen molar-refractivity contribution in [1.29, 1.82) is 5.53 Å². The third-order valence-electron chi connectivity index (χ3n) is 4.86. The molecular weight excluding hydrogens is 250 g/mol. The Hall–Kier alpha value is -1.16. The van der Waals surface area contributed by atoms with Crippen LogP contribution >= 0.6 is 0 Å². The maximum Gasteiger partial charge on any atom is 0.0968 e. The van der Waals surface area contributed by atoms with Crippen molar-refractivity contribution in [3.63, 3.8) is 0 Å². The Morgan fingerprint density at radius 3 is 2.45 bits per heavy atom. The zero-order valence-corrected chi connectivity index (χ0v) is 12.1. The Labute approximate surface area is 121 Å². The van der Waals surface area contributed by atoms with Crippen molar-refractivity contribution < 1.29 is 4.74 Å². The highest BCUT2D eigenvalue weighted by molar-refractivity contribution is 4.96. The first-order chi connectivity index (χ1) is 9.86. The molecule has 0 saturated heterocycles. The van der Waals surface area contributed by atoms with Gasteiger partial charge < -0.3 is 9.30 Å². The fourth-order valence-corrected chi connectivity index (χ4v) is 3.70. The molecule has 1 aromatic heterocycles. The molecule has 1 N–H and O–H groups in total. The molecule has 2 saturated carbocycles. The Morgan fingerprint density at radius 2 is 1.75 bits per heavy atom. The summed E-state index contributed by atoms with van der Waals surface area (Å²) in [6.07, 6.45) is 14.2. The summed E-state index contributed by atoms with van der Waals surface area (Å²) in [6, 6.07) is 4.75. The van der Waals surface area contributed by atoms with Crippen molar-refractivity contribution in [2.45, 2.75) is 75.7 Å². The fraction of sp³-hybridized carbons (Fsp3) is 0.750. The second-order valence-corrected chi connectivity index (χ2v) is 6.23. The number of rotatable bonds is 4. The highest BCUT2D eigenvalue weighted by Gasteiger charge is 2.33. The molecule has 3 atom stereocenters. The minimum atomic E-state index is 0.0729. The lowest BCUT2D eigenvalue weighted by Crippen LogP contribution is -2.38. The molecule has 0 radical (unpaired) electrons. The van der Waals surface area contributed by atoms with Crippen LogP contribution in [0.25, 0.3) is 0 Å². The van der Waals surface area contributed by atoms with Gasteiger partial charge in [0.05, 0.1) is 18.2 Å². The van der Waals surface area contributed by atoms with E-state index in [1.807, 2.05) is 0 Å². The summed E-state index contributed by atoms with van der Waals surface area (Å²) < 4.78 is 8.63. The van der Waals surface area contributed by atoms with Crippen LogP contribution in [0.1, 0.15) is 57.4 Å². The van der Waals surface area contributed by atoms with Crippen LogP contribution in [-0.4, -0.2) is 22.8 Å². The first kappa shape index (κ1) is 13.8. The SMILES string of the molecule is N=NC1CCC(n2cccc2)CC1OC1CCCCC1. The second kappa shape index (κ2) is 6.53. The number of nitrogens with zero attached hydrogens (tertiary/aromatic N) is 2. The van der Waals surface area contributed by atoms with Crippen LogP contribution in [-0.2, 0) is 4.74 Å². The van der Waals surface area contributed by atoms with Crippen LogP contribution in [0.4, 0.5) is 0 Å². The lowest BCUT2D eigenvalue weighted by molar-refractivity contribution is -0.0629. The third kappa shape index (κ3) is 3.11. The van der Waals surface area contributed by atoms with Gasteiger partial charge in [0.1, 0.15) is 0 Å². The van der Waals surface area contributed by atoms with Crippen molar-refractivity contribution in [2.24, 2.45) is 5.11 Å². The number of aromatic nitrogens is 1. The van der Waals surface area contributed by atoms with Gasteiger partial charge in [-0.2, -0.15) is 5.11 Å². The van der Waals surface area contributed by atoms with E-state index >= 15 is 0 Å². The molecule has 1 aromatic rings. The molecule has 3 unspecified atom stereocenters. The smallest absolute Gasteiger partial charge is 0.0968 e. The van der Waals surface area contributed by atoms with Crippen LogP contribution in [0.5, 0.6) is 0 Å². The van der Waals surface area contributed by atoms with Gasteiger partial charge >= 0.3 is 0 Å². The molecule has 0 bridgehead atoms. The first-order valence-electron chi connectivity index (χ1n) is 8.01. The summed E-state index contributed by atoms with van der Waals surface area (Å²) in [5.41, 5.74) is 7.42. The van der Waals surface area contributed by atoms with Gasteiger partial charge in [-0.3, -0.25) is 0 Å². The molecule has 0 spiro atoms. The van der Waals surface area contributed by atoms with E-state index in [0.717, 1.165) is 19.3 Å². The molecule has 0 aliphatic heterocycles. The van der Waals surface area contributed by atoms with E-state index in [9.17, 15) is 0 Å². The Balaban J connectivity index is 1.63. The molecule has 110 valence electrons. The fourth-order valence-electron chi connectivity index (χ4n) is 3.70. The van der Waals surface area contributed by atoms with Gasteiger partial charge in [-0.05, 0) is 44.2 Å². The van der Waals surface area contributed by atoms with E-state index in [4.69, 9.17) is 10.3 Å². The van der Waals surface area contributed by atoms with E-state index in [2.05, 4.69) is 34.2 Å². The van der Waals surface area contributed by atoms with Crippen LogP contribution in [0, 0.1) is 5.53 Å². The molecule has 0 amide bonds. The molecule has 3 rings (SSSR count). The molecule has 4 nitrogen and oxygen atoms in total. The third-order valence-corrected chi connectivity index (χ3v) is 4.86. The maximum atomic E-state index is 7.42. The van der Waals surface area contributed by atoms with Crippen molar-refractivity contribution in [2.75, 3.05) is 0 Å². The van der Waals surface area contributed by atoms with E-state index in [0.29, 0.717) is 12.1 Å². The van der Waals surface area contributed by atoms with E-state index in [-0.39, 0.29) is 12.1 Å². The van der Waals surface area contributed by atoms with E-state index < -0.39 is 0 Å². The normalized spacial score (nSPS) is 32.1. The van der Waals surface area contributed by atoms with Crippen molar-refractivity contribution in [3.8, 4) is 0 Å². The topological polar surface area (TPSA) is 50.4 Å².